The summed E-state index contributed by atoms with van der Waals surface area (Å²) in [5, 5.41) is 12.5. The van der Waals surface area contributed by atoms with Gasteiger partial charge in [0.1, 0.15) is 0 Å². The summed E-state index contributed by atoms with van der Waals surface area (Å²) in [5.74, 6) is 0.700. The van der Waals surface area contributed by atoms with Gasteiger partial charge < -0.3 is 5.73 Å². The van der Waals surface area contributed by atoms with Crippen molar-refractivity contribution in [2.45, 2.75) is 33.7 Å². The molecule has 0 amide bonds. The number of tetrazole rings is 1. The molecule has 5 nitrogen and oxygen atoms in total. The van der Waals surface area contributed by atoms with Gasteiger partial charge in [-0.2, -0.15) is 0 Å². The number of hydrogen-bond donors (Lipinski definition) is 1. The van der Waals surface area contributed by atoms with Gasteiger partial charge in [-0.3, -0.25) is 0 Å². The Morgan fingerprint density at radius 3 is 2.58 bits per heavy atom. The highest BCUT2D eigenvalue weighted by atomic mass is 35.5. The molecule has 1 atom stereocenters. The summed E-state index contributed by atoms with van der Waals surface area (Å²) in [6, 6.07) is 5.58. The van der Waals surface area contributed by atoms with Gasteiger partial charge in [0.15, 0.2) is 5.82 Å². The maximum atomic E-state index is 5.93. The van der Waals surface area contributed by atoms with Crippen LogP contribution in [0.15, 0.2) is 18.2 Å². The maximum Gasteiger partial charge on any atom is 0.182 e. The van der Waals surface area contributed by atoms with Crippen LogP contribution >= 0.6 is 11.6 Å². The number of nitrogens with two attached hydrogens (primary N) is 1. The molecule has 0 bridgehead atoms. The summed E-state index contributed by atoms with van der Waals surface area (Å²) in [6.07, 6.45) is 0. The summed E-state index contributed by atoms with van der Waals surface area (Å²) in [5.41, 5.74) is 7.28. The van der Waals surface area contributed by atoms with Crippen LogP contribution in [-0.4, -0.2) is 20.2 Å². The molecule has 1 aromatic heterocycles. The van der Waals surface area contributed by atoms with E-state index in [-0.39, 0.29) is 11.5 Å². The molecule has 0 aliphatic carbocycles. The number of nitrogens with zero attached hydrogens (tertiary/aromatic N) is 4. The Kier molecular flexibility index (Phi) is 3.49. The van der Waals surface area contributed by atoms with E-state index >= 15 is 0 Å². The molecule has 2 aromatic rings. The zero-order valence-corrected chi connectivity index (χ0v) is 12.3. The molecular weight excluding hydrogens is 262 g/mol. The second kappa shape index (κ2) is 4.81. The Bertz CT molecular complexity index is 585. The number of hydrogen-bond acceptors (Lipinski definition) is 4. The highest BCUT2D eigenvalue weighted by Gasteiger charge is 2.25. The first kappa shape index (κ1) is 13.8. The van der Waals surface area contributed by atoms with E-state index in [0.717, 1.165) is 5.56 Å². The fourth-order valence-electron chi connectivity index (χ4n) is 1.69. The Labute approximate surface area is 117 Å². The third-order valence-electron chi connectivity index (χ3n) is 3.37. The molecule has 2 N–H and O–H groups in total. The van der Waals surface area contributed by atoms with Crippen molar-refractivity contribution >= 4 is 17.3 Å². The lowest BCUT2D eigenvalue weighted by atomic mass is 9.88. The third-order valence-corrected chi connectivity index (χ3v) is 3.71. The number of halogens is 1. The predicted octanol–water partition coefficient (Wildman–Crippen LogP) is 3.18. The van der Waals surface area contributed by atoms with Crippen LogP contribution in [0, 0.1) is 5.41 Å². The minimum atomic E-state index is 0.0576. The first-order chi connectivity index (χ1) is 8.80. The van der Waals surface area contributed by atoms with Gasteiger partial charge in [0, 0.05) is 5.56 Å². The smallest absolute Gasteiger partial charge is 0.182 e. The molecule has 0 fully saturated rings. The van der Waals surface area contributed by atoms with Gasteiger partial charge in [0.05, 0.1) is 16.8 Å². The molecule has 0 radical (unpaired) electrons. The fraction of sp³-hybridized carbons (Fsp3) is 0.462. The molecule has 0 spiro atoms. The molecule has 19 heavy (non-hydrogen) atoms. The Morgan fingerprint density at radius 1 is 1.32 bits per heavy atom. The van der Waals surface area contributed by atoms with E-state index in [9.17, 15) is 0 Å². The first-order valence-corrected chi connectivity index (χ1v) is 6.52. The average molecular weight is 280 g/mol. The second-order valence-electron chi connectivity index (χ2n) is 5.73. The van der Waals surface area contributed by atoms with Gasteiger partial charge in [-0.15, -0.1) is 5.10 Å². The Balaban J connectivity index is 2.47. The fourth-order valence-corrected chi connectivity index (χ4v) is 1.81. The first-order valence-electron chi connectivity index (χ1n) is 6.14. The van der Waals surface area contributed by atoms with Crippen LogP contribution in [0.25, 0.3) is 11.4 Å². The number of aromatic nitrogens is 4. The van der Waals surface area contributed by atoms with Crippen molar-refractivity contribution in [3.05, 3.63) is 23.2 Å². The highest BCUT2D eigenvalue weighted by molar-refractivity contribution is 6.33. The standard InChI is InChI=1S/C13H18ClN5/c1-8(13(2,3)4)19-12(16-17-18-19)9-5-6-10(14)11(15)7-9/h5-8H,15H2,1-4H3. The molecule has 1 heterocycles. The topological polar surface area (TPSA) is 69.6 Å². The van der Waals surface area contributed by atoms with E-state index in [1.165, 1.54) is 0 Å². The summed E-state index contributed by atoms with van der Waals surface area (Å²) < 4.78 is 1.82. The normalized spacial score (nSPS) is 13.5. The van der Waals surface area contributed by atoms with Crippen molar-refractivity contribution in [3.63, 3.8) is 0 Å². The largest absolute Gasteiger partial charge is 0.398 e. The average Bonchev–Trinajstić information content (AvgIpc) is 2.79. The number of anilines is 1. The summed E-state index contributed by atoms with van der Waals surface area (Å²) in [7, 11) is 0. The van der Waals surface area contributed by atoms with Gasteiger partial charge in [-0.25, -0.2) is 4.68 Å². The van der Waals surface area contributed by atoms with Crippen molar-refractivity contribution in [3.8, 4) is 11.4 Å². The Hall–Kier alpha value is -1.62. The van der Waals surface area contributed by atoms with E-state index in [0.29, 0.717) is 16.5 Å². The zero-order valence-electron chi connectivity index (χ0n) is 11.6. The van der Waals surface area contributed by atoms with Crippen LogP contribution in [0.5, 0.6) is 0 Å². The third kappa shape index (κ3) is 2.71. The molecule has 0 aliphatic rings. The maximum absolute atomic E-state index is 5.93. The van der Waals surface area contributed by atoms with E-state index in [2.05, 4.69) is 43.2 Å². The molecule has 102 valence electrons. The molecule has 0 saturated heterocycles. The minimum absolute atomic E-state index is 0.0576. The van der Waals surface area contributed by atoms with E-state index in [4.69, 9.17) is 17.3 Å². The predicted molar refractivity (Wildman–Crippen MR) is 76.8 cm³/mol. The van der Waals surface area contributed by atoms with Crippen LogP contribution in [-0.2, 0) is 0 Å². The zero-order chi connectivity index (χ0) is 14.2. The van der Waals surface area contributed by atoms with Crippen LogP contribution in [0.2, 0.25) is 5.02 Å². The molecule has 1 aromatic carbocycles. The Morgan fingerprint density at radius 2 is 2.00 bits per heavy atom. The monoisotopic (exact) mass is 279 g/mol. The van der Waals surface area contributed by atoms with Crippen molar-refractivity contribution in [2.24, 2.45) is 5.41 Å². The van der Waals surface area contributed by atoms with Crippen LogP contribution < -0.4 is 5.73 Å². The lowest BCUT2D eigenvalue weighted by Gasteiger charge is -2.27. The second-order valence-corrected chi connectivity index (χ2v) is 6.13. The molecule has 2 rings (SSSR count). The van der Waals surface area contributed by atoms with Crippen LogP contribution in [0.3, 0.4) is 0 Å². The van der Waals surface area contributed by atoms with Gasteiger partial charge in [0.25, 0.3) is 0 Å². The molecule has 0 aliphatic heterocycles. The number of benzene rings is 1. The quantitative estimate of drug-likeness (QED) is 0.857. The van der Waals surface area contributed by atoms with E-state index in [1.54, 1.807) is 12.1 Å². The molecule has 1 unspecified atom stereocenters. The summed E-state index contributed by atoms with van der Waals surface area (Å²) in [4.78, 5) is 0. The van der Waals surface area contributed by atoms with Gasteiger partial charge in [-0.1, -0.05) is 32.4 Å². The van der Waals surface area contributed by atoms with Crippen molar-refractivity contribution in [1.29, 1.82) is 0 Å². The lowest BCUT2D eigenvalue weighted by molar-refractivity contribution is 0.243. The number of nitrogen functional groups attached to an aromatic ring is 1. The van der Waals surface area contributed by atoms with Crippen LogP contribution in [0.4, 0.5) is 5.69 Å². The minimum Gasteiger partial charge on any atom is -0.398 e. The highest BCUT2D eigenvalue weighted by Crippen LogP contribution is 2.33. The summed E-state index contributed by atoms with van der Waals surface area (Å²) >= 11 is 5.93. The van der Waals surface area contributed by atoms with E-state index in [1.807, 2.05) is 10.7 Å². The molecular formula is C13H18ClN5. The SMILES string of the molecule is CC(n1nnnc1-c1ccc(Cl)c(N)c1)C(C)(C)C. The van der Waals surface area contributed by atoms with Gasteiger partial charge in [-0.05, 0) is 41.0 Å². The van der Waals surface area contributed by atoms with Gasteiger partial charge in [0.2, 0.25) is 0 Å². The molecule has 0 saturated carbocycles. The van der Waals surface area contributed by atoms with Crippen molar-refractivity contribution < 1.29 is 0 Å². The van der Waals surface area contributed by atoms with E-state index < -0.39 is 0 Å². The van der Waals surface area contributed by atoms with Gasteiger partial charge >= 0.3 is 0 Å². The number of rotatable bonds is 2. The van der Waals surface area contributed by atoms with Crippen molar-refractivity contribution in [1.82, 2.24) is 20.2 Å². The van der Waals surface area contributed by atoms with Crippen molar-refractivity contribution in [2.75, 3.05) is 5.73 Å². The van der Waals surface area contributed by atoms with Crippen LogP contribution in [0.1, 0.15) is 33.7 Å². The summed E-state index contributed by atoms with van der Waals surface area (Å²) in [6.45, 7) is 8.55. The lowest BCUT2D eigenvalue weighted by Crippen LogP contribution is -2.23. The molecule has 6 heteroatoms.